The third kappa shape index (κ3) is 5.03. The second-order valence-corrected chi connectivity index (χ2v) is 5.49. The highest BCUT2D eigenvalue weighted by atomic mass is 16.4. The number of rotatable bonds is 6. The summed E-state index contributed by atoms with van der Waals surface area (Å²) >= 11 is 0. The molecule has 2 N–H and O–H groups in total. The van der Waals surface area contributed by atoms with Crippen molar-refractivity contribution in [3.8, 4) is 0 Å². The van der Waals surface area contributed by atoms with Crippen LogP contribution in [0.2, 0.25) is 0 Å². The molecule has 1 unspecified atom stereocenters. The summed E-state index contributed by atoms with van der Waals surface area (Å²) in [5.74, 6) is -0.718. The lowest BCUT2D eigenvalue weighted by atomic mass is 9.93. The van der Waals surface area contributed by atoms with Crippen LogP contribution in [-0.4, -0.2) is 23.2 Å². The number of aliphatic carboxylic acids is 1. The molecule has 1 aromatic rings. The molecule has 1 fully saturated rings. The molecule has 1 aromatic carbocycles. The average molecular weight is 261 g/mol. The van der Waals surface area contributed by atoms with Gasteiger partial charge in [-0.25, -0.2) is 0 Å². The van der Waals surface area contributed by atoms with Crippen LogP contribution < -0.4 is 5.32 Å². The van der Waals surface area contributed by atoms with E-state index in [0.717, 1.165) is 6.42 Å². The van der Waals surface area contributed by atoms with Crippen molar-refractivity contribution in [1.29, 1.82) is 0 Å². The highest BCUT2D eigenvalue weighted by molar-refractivity contribution is 5.67. The van der Waals surface area contributed by atoms with Gasteiger partial charge >= 0.3 is 5.97 Å². The molecule has 0 saturated heterocycles. The molecule has 0 bridgehead atoms. The molecule has 2 rings (SSSR count). The van der Waals surface area contributed by atoms with E-state index in [4.69, 9.17) is 5.11 Å². The number of hydrogen-bond donors (Lipinski definition) is 2. The summed E-state index contributed by atoms with van der Waals surface area (Å²) in [5.41, 5.74) is 1.21. The number of nitrogens with one attached hydrogen (secondary N) is 1. The Balaban J connectivity index is 1.92. The first-order valence-electron chi connectivity index (χ1n) is 7.26. The monoisotopic (exact) mass is 261 g/mol. The van der Waals surface area contributed by atoms with Gasteiger partial charge in [0.2, 0.25) is 0 Å². The first kappa shape index (κ1) is 14.1. The van der Waals surface area contributed by atoms with Crippen LogP contribution in [0.1, 0.15) is 44.1 Å². The minimum atomic E-state index is -0.718. The first-order chi connectivity index (χ1) is 9.24. The number of carboxylic acids is 1. The van der Waals surface area contributed by atoms with Gasteiger partial charge in [-0.2, -0.15) is 0 Å². The molecule has 19 heavy (non-hydrogen) atoms. The fourth-order valence-corrected chi connectivity index (χ4v) is 2.90. The molecule has 0 radical (unpaired) electrons. The van der Waals surface area contributed by atoms with E-state index in [2.05, 4.69) is 17.4 Å². The van der Waals surface area contributed by atoms with E-state index in [1.165, 1.54) is 37.7 Å². The highest BCUT2D eigenvalue weighted by Gasteiger charge is 2.20. The maximum absolute atomic E-state index is 11.0. The molecule has 0 aromatic heterocycles. The van der Waals surface area contributed by atoms with Crippen LogP contribution in [0.15, 0.2) is 30.3 Å². The van der Waals surface area contributed by atoms with Crippen LogP contribution in [0, 0.1) is 0 Å². The van der Waals surface area contributed by atoms with Gasteiger partial charge in [-0.1, -0.05) is 49.6 Å². The van der Waals surface area contributed by atoms with Gasteiger partial charge < -0.3 is 10.4 Å². The lowest BCUT2D eigenvalue weighted by molar-refractivity contribution is -0.137. The zero-order chi connectivity index (χ0) is 13.5. The summed E-state index contributed by atoms with van der Waals surface area (Å²) in [6.45, 7) is 0. The van der Waals surface area contributed by atoms with Crippen molar-refractivity contribution in [3.05, 3.63) is 35.9 Å². The van der Waals surface area contributed by atoms with Crippen LogP contribution in [0.5, 0.6) is 0 Å². The molecule has 3 heteroatoms. The van der Waals surface area contributed by atoms with Crippen LogP contribution in [0.3, 0.4) is 0 Å². The molecule has 1 saturated carbocycles. The maximum Gasteiger partial charge on any atom is 0.304 e. The summed E-state index contributed by atoms with van der Waals surface area (Å²) < 4.78 is 0. The number of carbonyl (C=O) groups is 1. The molecule has 1 aliphatic rings. The molecular formula is C16H23NO2. The molecule has 1 atom stereocenters. The Hall–Kier alpha value is -1.35. The molecule has 0 amide bonds. The van der Waals surface area contributed by atoms with Crippen molar-refractivity contribution in [1.82, 2.24) is 5.32 Å². The van der Waals surface area contributed by atoms with Gasteiger partial charge in [0.05, 0.1) is 6.42 Å². The molecule has 0 spiro atoms. The van der Waals surface area contributed by atoms with E-state index in [1.54, 1.807) is 0 Å². The minimum absolute atomic E-state index is 0.0444. The van der Waals surface area contributed by atoms with Crippen LogP contribution in [-0.2, 0) is 11.2 Å². The number of benzene rings is 1. The SMILES string of the molecule is O=C(O)CC(Cc1ccccc1)NC1CCCCC1. The fraction of sp³-hybridized carbons (Fsp3) is 0.562. The van der Waals surface area contributed by atoms with Crippen LogP contribution in [0.25, 0.3) is 0 Å². The lowest BCUT2D eigenvalue weighted by Gasteiger charge is -2.28. The van der Waals surface area contributed by atoms with Gasteiger partial charge in [0, 0.05) is 12.1 Å². The van der Waals surface area contributed by atoms with Crippen molar-refractivity contribution >= 4 is 5.97 Å². The smallest absolute Gasteiger partial charge is 0.304 e. The fourth-order valence-electron chi connectivity index (χ4n) is 2.90. The number of hydrogen-bond acceptors (Lipinski definition) is 2. The minimum Gasteiger partial charge on any atom is -0.481 e. The largest absolute Gasteiger partial charge is 0.481 e. The van der Waals surface area contributed by atoms with Gasteiger partial charge in [-0.3, -0.25) is 4.79 Å². The van der Waals surface area contributed by atoms with Gasteiger partial charge in [0.1, 0.15) is 0 Å². The van der Waals surface area contributed by atoms with Crippen molar-refractivity contribution in [2.24, 2.45) is 0 Å². The van der Waals surface area contributed by atoms with Gasteiger partial charge in [0.15, 0.2) is 0 Å². The average Bonchev–Trinajstić information content (AvgIpc) is 2.40. The van der Waals surface area contributed by atoms with E-state index in [9.17, 15) is 4.79 Å². The normalized spacial score (nSPS) is 18.1. The summed E-state index contributed by atoms with van der Waals surface area (Å²) in [4.78, 5) is 11.0. The highest BCUT2D eigenvalue weighted by Crippen LogP contribution is 2.19. The summed E-state index contributed by atoms with van der Waals surface area (Å²) in [7, 11) is 0. The summed E-state index contributed by atoms with van der Waals surface area (Å²) in [6, 6.07) is 10.7. The van der Waals surface area contributed by atoms with Crippen LogP contribution >= 0.6 is 0 Å². The Bertz CT molecular complexity index is 385. The van der Waals surface area contributed by atoms with Gasteiger partial charge in [-0.05, 0) is 24.8 Å². The predicted octanol–water partition coefficient (Wildman–Crippen LogP) is 2.99. The van der Waals surface area contributed by atoms with E-state index in [0.29, 0.717) is 6.04 Å². The quantitative estimate of drug-likeness (QED) is 0.827. The van der Waals surface area contributed by atoms with E-state index < -0.39 is 5.97 Å². The van der Waals surface area contributed by atoms with E-state index in [1.807, 2.05) is 18.2 Å². The molecular weight excluding hydrogens is 238 g/mol. The topological polar surface area (TPSA) is 49.3 Å². The summed E-state index contributed by atoms with van der Waals surface area (Å²) in [5, 5.41) is 12.6. The Labute approximate surface area is 115 Å². The molecule has 0 heterocycles. The first-order valence-corrected chi connectivity index (χ1v) is 7.26. The molecule has 0 aliphatic heterocycles. The second kappa shape index (κ2) is 7.29. The lowest BCUT2D eigenvalue weighted by Crippen LogP contribution is -2.41. The Kier molecular flexibility index (Phi) is 5.40. The molecule has 1 aliphatic carbocycles. The maximum atomic E-state index is 11.0. The third-order valence-electron chi connectivity index (χ3n) is 3.82. The van der Waals surface area contributed by atoms with Crippen molar-refractivity contribution in [2.75, 3.05) is 0 Å². The zero-order valence-electron chi connectivity index (χ0n) is 11.3. The second-order valence-electron chi connectivity index (χ2n) is 5.49. The summed E-state index contributed by atoms with van der Waals surface area (Å²) in [6.07, 6.45) is 7.22. The van der Waals surface area contributed by atoms with Gasteiger partial charge in [0.25, 0.3) is 0 Å². The van der Waals surface area contributed by atoms with Crippen molar-refractivity contribution in [3.63, 3.8) is 0 Å². The number of carboxylic acid groups (broad SMARTS) is 1. The Morgan fingerprint density at radius 2 is 1.89 bits per heavy atom. The van der Waals surface area contributed by atoms with Crippen LogP contribution in [0.4, 0.5) is 0 Å². The molecule has 3 nitrogen and oxygen atoms in total. The van der Waals surface area contributed by atoms with E-state index >= 15 is 0 Å². The van der Waals surface area contributed by atoms with Gasteiger partial charge in [-0.15, -0.1) is 0 Å². The predicted molar refractivity (Wildman–Crippen MR) is 76.2 cm³/mol. The molecule has 104 valence electrons. The standard InChI is InChI=1S/C16H23NO2/c18-16(19)12-15(11-13-7-3-1-4-8-13)17-14-9-5-2-6-10-14/h1,3-4,7-8,14-15,17H,2,5-6,9-12H2,(H,18,19). The third-order valence-corrected chi connectivity index (χ3v) is 3.82. The van der Waals surface area contributed by atoms with E-state index in [-0.39, 0.29) is 12.5 Å². The Morgan fingerprint density at radius 3 is 2.53 bits per heavy atom. The Morgan fingerprint density at radius 1 is 1.21 bits per heavy atom. The zero-order valence-corrected chi connectivity index (χ0v) is 11.3. The van der Waals surface area contributed by atoms with Crippen molar-refractivity contribution in [2.45, 2.75) is 57.0 Å². The van der Waals surface area contributed by atoms with Crippen molar-refractivity contribution < 1.29 is 9.90 Å².